The number of carboxylic acids is 2. The lowest BCUT2D eigenvalue weighted by molar-refractivity contribution is -0.855. The molecule has 1 unspecified atom stereocenters. The van der Waals surface area contributed by atoms with Crippen molar-refractivity contribution in [2.75, 3.05) is 13.6 Å². The second kappa shape index (κ2) is 10.4. The number of benzene rings is 2. The van der Waals surface area contributed by atoms with Gasteiger partial charge in [0, 0.05) is 12.8 Å². The van der Waals surface area contributed by atoms with Gasteiger partial charge < -0.3 is 14.9 Å². The molecule has 0 heterocycles. The molecule has 0 aliphatic heterocycles. The van der Waals surface area contributed by atoms with E-state index in [1.165, 1.54) is 7.05 Å². The van der Waals surface area contributed by atoms with Crippen LogP contribution in [0.1, 0.15) is 24.0 Å². The van der Waals surface area contributed by atoms with Gasteiger partial charge in [-0.3, -0.25) is 4.79 Å². The summed E-state index contributed by atoms with van der Waals surface area (Å²) in [6, 6.07) is 17.3. The van der Waals surface area contributed by atoms with Crippen LogP contribution in [-0.4, -0.2) is 52.4 Å². The van der Waals surface area contributed by atoms with E-state index in [4.69, 9.17) is 9.84 Å². The fraction of sp³-hybridized carbons (Fsp3) is 0.318. The summed E-state index contributed by atoms with van der Waals surface area (Å²) in [5.41, 5.74) is 1.74. The monoisotopic (exact) mass is 400 g/mol. The Kier molecular flexibility index (Phi) is 7.91. The SMILES string of the molecule is C[N+](CCc1ccccc1)(C(=O)OCc1ccccc1)[C@@H](CCC(=O)O)C(=O)O. The van der Waals surface area contributed by atoms with Gasteiger partial charge in [-0.15, -0.1) is 0 Å². The second-order valence-corrected chi connectivity index (χ2v) is 7.05. The Bertz CT molecular complexity index is 824. The van der Waals surface area contributed by atoms with Gasteiger partial charge in [0.2, 0.25) is 0 Å². The van der Waals surface area contributed by atoms with Crippen LogP contribution in [-0.2, 0) is 27.4 Å². The van der Waals surface area contributed by atoms with Gasteiger partial charge in [0.25, 0.3) is 0 Å². The molecule has 0 aromatic heterocycles. The molecule has 2 N–H and O–H groups in total. The molecule has 2 aromatic rings. The maximum atomic E-state index is 13.0. The highest BCUT2D eigenvalue weighted by Crippen LogP contribution is 2.21. The van der Waals surface area contributed by atoms with Crippen molar-refractivity contribution in [3.8, 4) is 0 Å². The van der Waals surface area contributed by atoms with Crippen molar-refractivity contribution in [3.63, 3.8) is 0 Å². The predicted molar refractivity (Wildman–Crippen MR) is 106 cm³/mol. The molecule has 0 fully saturated rings. The van der Waals surface area contributed by atoms with Gasteiger partial charge in [0.05, 0.1) is 20.0 Å². The molecule has 0 aliphatic carbocycles. The van der Waals surface area contributed by atoms with Crippen LogP contribution in [0.3, 0.4) is 0 Å². The molecule has 7 nitrogen and oxygen atoms in total. The number of ether oxygens (including phenoxy) is 1. The van der Waals surface area contributed by atoms with Crippen molar-refractivity contribution < 1.29 is 33.8 Å². The van der Waals surface area contributed by atoms with Crippen molar-refractivity contribution in [1.82, 2.24) is 0 Å². The van der Waals surface area contributed by atoms with E-state index in [0.29, 0.717) is 6.42 Å². The number of nitrogens with zero attached hydrogens (tertiary/aromatic N) is 1. The average molecular weight is 400 g/mol. The summed E-state index contributed by atoms with van der Waals surface area (Å²) in [6.07, 6.45) is -0.754. The Labute approximate surface area is 169 Å². The topological polar surface area (TPSA) is 101 Å². The maximum Gasteiger partial charge on any atom is 0.516 e. The molecule has 1 amide bonds. The number of amides is 1. The molecule has 29 heavy (non-hydrogen) atoms. The smallest absolute Gasteiger partial charge is 0.481 e. The molecule has 2 rings (SSSR count). The Morgan fingerprint density at radius 1 is 0.931 bits per heavy atom. The van der Waals surface area contributed by atoms with Gasteiger partial charge in [-0.05, 0) is 11.1 Å². The number of carbonyl (C=O) groups excluding carboxylic acids is 1. The van der Waals surface area contributed by atoms with Gasteiger partial charge in [-0.25, -0.2) is 9.28 Å². The third-order valence-electron chi connectivity index (χ3n) is 4.93. The minimum Gasteiger partial charge on any atom is -0.481 e. The summed E-state index contributed by atoms with van der Waals surface area (Å²) in [5, 5.41) is 18.7. The van der Waals surface area contributed by atoms with Gasteiger partial charge in [-0.2, -0.15) is 4.79 Å². The minimum atomic E-state index is -1.22. The molecule has 2 aromatic carbocycles. The van der Waals surface area contributed by atoms with Crippen molar-refractivity contribution in [2.24, 2.45) is 0 Å². The van der Waals surface area contributed by atoms with Gasteiger partial charge in [0.1, 0.15) is 6.61 Å². The van der Waals surface area contributed by atoms with Crippen LogP contribution in [0.4, 0.5) is 4.79 Å². The van der Waals surface area contributed by atoms with E-state index in [9.17, 15) is 19.5 Å². The largest absolute Gasteiger partial charge is 0.516 e. The number of aliphatic carboxylic acids is 2. The molecular formula is C22H26NO6+. The quantitative estimate of drug-likeness (QED) is 0.593. The first kappa shape index (κ1) is 22.1. The van der Waals surface area contributed by atoms with Gasteiger partial charge in [-0.1, -0.05) is 60.7 Å². The summed E-state index contributed by atoms with van der Waals surface area (Å²) in [4.78, 5) is 35.9. The van der Waals surface area contributed by atoms with Crippen LogP contribution in [0, 0.1) is 0 Å². The van der Waals surface area contributed by atoms with Gasteiger partial charge in [0.15, 0.2) is 6.04 Å². The van der Waals surface area contributed by atoms with E-state index < -0.39 is 28.6 Å². The van der Waals surface area contributed by atoms with Gasteiger partial charge >= 0.3 is 18.0 Å². The zero-order valence-corrected chi connectivity index (χ0v) is 16.4. The first-order valence-electron chi connectivity index (χ1n) is 9.38. The van der Waals surface area contributed by atoms with Crippen LogP contribution in [0.15, 0.2) is 60.7 Å². The number of rotatable bonds is 10. The lowest BCUT2D eigenvalue weighted by Gasteiger charge is -2.35. The van der Waals surface area contributed by atoms with E-state index >= 15 is 0 Å². The number of likely N-dealkylation sites (N-methyl/N-ethyl adjacent to an activating group) is 1. The maximum absolute atomic E-state index is 13.0. The van der Waals surface area contributed by atoms with Crippen molar-refractivity contribution >= 4 is 18.0 Å². The number of quaternary nitrogens is 1. The summed E-state index contributed by atoms with van der Waals surface area (Å²) < 4.78 is 4.90. The molecule has 0 saturated carbocycles. The number of hydrogen-bond acceptors (Lipinski definition) is 4. The number of carboxylic acid groups (broad SMARTS) is 2. The van der Waals surface area contributed by atoms with Crippen LogP contribution in [0.25, 0.3) is 0 Å². The molecule has 0 saturated heterocycles. The normalized spacial score (nSPS) is 13.8. The third kappa shape index (κ3) is 6.43. The highest BCUT2D eigenvalue weighted by atomic mass is 16.6. The highest BCUT2D eigenvalue weighted by molar-refractivity contribution is 5.76. The Balaban J connectivity index is 2.22. The second-order valence-electron chi connectivity index (χ2n) is 7.05. The van der Waals surface area contributed by atoms with Crippen LogP contribution < -0.4 is 0 Å². The predicted octanol–water partition coefficient (Wildman–Crippen LogP) is 3.33. The molecule has 2 atom stereocenters. The highest BCUT2D eigenvalue weighted by Gasteiger charge is 2.46. The Hall–Kier alpha value is -3.19. The summed E-state index contributed by atoms with van der Waals surface area (Å²) in [7, 11) is 1.50. The van der Waals surface area contributed by atoms with Crippen molar-refractivity contribution in [3.05, 3.63) is 71.8 Å². The molecule has 7 heteroatoms. The zero-order valence-electron chi connectivity index (χ0n) is 16.4. The van der Waals surface area contributed by atoms with Crippen LogP contribution in [0.2, 0.25) is 0 Å². The van der Waals surface area contributed by atoms with E-state index in [2.05, 4.69) is 0 Å². The standard InChI is InChI=1S/C22H25NO6/c1-23(15-14-17-8-4-2-5-9-17,19(21(26)27)12-13-20(24)25)22(28)29-16-18-10-6-3-7-11-18/h2-11,19H,12-16H2,1H3,(H-,24,25,26,27)/p+1/t19-,23?/m0/s1. The summed E-state index contributed by atoms with van der Waals surface area (Å²) in [5.74, 6) is -2.33. The Morgan fingerprint density at radius 2 is 1.48 bits per heavy atom. The zero-order chi connectivity index (χ0) is 21.3. The minimum absolute atomic E-state index is 0.0180. The fourth-order valence-corrected chi connectivity index (χ4v) is 3.16. The van der Waals surface area contributed by atoms with Crippen molar-refractivity contribution in [2.45, 2.75) is 31.9 Å². The summed E-state index contributed by atoms with van der Waals surface area (Å²) in [6.45, 7) is 0.193. The Morgan fingerprint density at radius 3 is 2.00 bits per heavy atom. The lowest BCUT2D eigenvalue weighted by Crippen LogP contribution is -2.60. The van der Waals surface area contributed by atoms with E-state index in [-0.39, 0.29) is 26.0 Å². The average Bonchev–Trinajstić information content (AvgIpc) is 2.71. The molecular weight excluding hydrogens is 374 g/mol. The number of hydrogen-bond donors (Lipinski definition) is 2. The third-order valence-corrected chi connectivity index (χ3v) is 4.93. The van der Waals surface area contributed by atoms with E-state index in [0.717, 1.165) is 11.1 Å². The lowest BCUT2D eigenvalue weighted by atomic mass is 10.1. The fourth-order valence-electron chi connectivity index (χ4n) is 3.16. The van der Waals surface area contributed by atoms with E-state index in [1.54, 1.807) is 12.1 Å². The molecule has 0 radical (unpaired) electrons. The first-order chi connectivity index (χ1) is 13.8. The molecule has 0 aliphatic rings. The first-order valence-corrected chi connectivity index (χ1v) is 9.38. The molecule has 154 valence electrons. The molecule has 0 spiro atoms. The van der Waals surface area contributed by atoms with E-state index in [1.807, 2.05) is 48.5 Å². The number of carbonyl (C=O) groups is 3. The van der Waals surface area contributed by atoms with Crippen LogP contribution in [0.5, 0.6) is 0 Å². The molecule has 0 bridgehead atoms. The summed E-state index contributed by atoms with van der Waals surface area (Å²) >= 11 is 0. The van der Waals surface area contributed by atoms with Crippen molar-refractivity contribution in [1.29, 1.82) is 0 Å². The van der Waals surface area contributed by atoms with Crippen LogP contribution >= 0.6 is 0 Å².